The van der Waals surface area contributed by atoms with E-state index in [9.17, 15) is 9.90 Å². The number of rotatable bonds is 7. The Balaban J connectivity index is 2.49. The first kappa shape index (κ1) is 14.1. The molecule has 1 amide bonds. The van der Waals surface area contributed by atoms with Crippen LogP contribution in [0.3, 0.4) is 0 Å². The first-order chi connectivity index (χ1) is 8.19. The van der Waals surface area contributed by atoms with Gasteiger partial charge in [0.1, 0.15) is 4.88 Å². The highest BCUT2D eigenvalue weighted by Crippen LogP contribution is 2.12. The van der Waals surface area contributed by atoms with Crippen LogP contribution in [0.1, 0.15) is 48.5 Å². The van der Waals surface area contributed by atoms with Crippen LogP contribution in [0, 0.1) is 0 Å². The Hall–Kier alpha value is -1.01. The van der Waals surface area contributed by atoms with E-state index >= 15 is 0 Å². The number of aliphatic hydroxyl groups excluding tert-OH is 1. The van der Waals surface area contributed by atoms with Crippen LogP contribution >= 0.6 is 11.5 Å². The number of aromatic nitrogens is 2. The molecule has 1 rings (SSSR count). The second kappa shape index (κ2) is 7.34. The lowest BCUT2D eigenvalue weighted by molar-refractivity contribution is 0.0913. The minimum Gasteiger partial charge on any atom is -0.391 e. The van der Waals surface area contributed by atoms with Crippen molar-refractivity contribution in [3.8, 4) is 0 Å². The summed E-state index contributed by atoms with van der Waals surface area (Å²) >= 11 is 1.11. The van der Waals surface area contributed by atoms with Gasteiger partial charge in [0, 0.05) is 6.54 Å². The Labute approximate surface area is 105 Å². The van der Waals surface area contributed by atoms with Crippen molar-refractivity contribution in [1.29, 1.82) is 0 Å². The van der Waals surface area contributed by atoms with Crippen LogP contribution in [0.4, 0.5) is 0 Å². The number of nitrogens with zero attached hydrogens (tertiary/aromatic N) is 2. The van der Waals surface area contributed by atoms with Gasteiger partial charge in [-0.15, -0.1) is 5.10 Å². The van der Waals surface area contributed by atoms with Gasteiger partial charge in [-0.2, -0.15) is 0 Å². The number of nitrogens with one attached hydrogen (secondary N) is 1. The average Bonchev–Trinajstić information content (AvgIpc) is 2.75. The lowest BCUT2D eigenvalue weighted by Gasteiger charge is -2.09. The summed E-state index contributed by atoms with van der Waals surface area (Å²) in [4.78, 5) is 12.4. The lowest BCUT2D eigenvalue weighted by atomic mass is 10.2. The summed E-state index contributed by atoms with van der Waals surface area (Å²) in [5, 5.41) is 16.2. The molecular weight excluding hydrogens is 238 g/mol. The fourth-order valence-corrected chi connectivity index (χ4v) is 2.13. The monoisotopic (exact) mass is 257 g/mol. The molecule has 0 aliphatic carbocycles. The van der Waals surface area contributed by atoms with Gasteiger partial charge in [-0.25, -0.2) is 0 Å². The zero-order chi connectivity index (χ0) is 12.7. The maximum absolute atomic E-state index is 11.8. The third-order valence-electron chi connectivity index (χ3n) is 2.37. The predicted octanol–water partition coefficient (Wildman–Crippen LogP) is 1.38. The van der Waals surface area contributed by atoms with Crippen LogP contribution in [-0.4, -0.2) is 33.2 Å². The highest BCUT2D eigenvalue weighted by Gasteiger charge is 2.16. The fraction of sp³-hybridized carbons (Fsp3) is 0.727. The Morgan fingerprint density at radius 1 is 1.47 bits per heavy atom. The Kier molecular flexibility index (Phi) is 6.07. The first-order valence-corrected chi connectivity index (χ1v) is 6.73. The quantitative estimate of drug-likeness (QED) is 0.774. The molecule has 96 valence electrons. The largest absolute Gasteiger partial charge is 0.391 e. The topological polar surface area (TPSA) is 75.1 Å². The van der Waals surface area contributed by atoms with Crippen molar-refractivity contribution in [2.75, 3.05) is 6.54 Å². The molecule has 1 aromatic rings. The number of hydrogen-bond donors (Lipinski definition) is 2. The van der Waals surface area contributed by atoms with E-state index in [-0.39, 0.29) is 12.5 Å². The summed E-state index contributed by atoms with van der Waals surface area (Å²) in [7, 11) is 0. The molecule has 1 heterocycles. The summed E-state index contributed by atoms with van der Waals surface area (Å²) in [6, 6.07) is 0. The molecule has 1 atom stereocenters. The Bertz CT molecular complexity index is 354. The van der Waals surface area contributed by atoms with E-state index in [4.69, 9.17) is 0 Å². The standard InChI is InChI=1S/C11H19N3O2S/c1-3-5-8(15)7-12-11(16)10-9(6-4-2)13-14-17-10/h8,15H,3-7H2,1-2H3,(H,12,16). The van der Waals surface area contributed by atoms with Crippen molar-refractivity contribution in [2.45, 2.75) is 45.6 Å². The van der Waals surface area contributed by atoms with Crippen molar-refractivity contribution in [3.05, 3.63) is 10.6 Å². The van der Waals surface area contributed by atoms with E-state index in [0.29, 0.717) is 11.3 Å². The zero-order valence-electron chi connectivity index (χ0n) is 10.3. The van der Waals surface area contributed by atoms with E-state index in [0.717, 1.165) is 36.5 Å². The second-order valence-corrected chi connectivity index (χ2v) is 4.71. The number of carbonyl (C=O) groups excluding carboxylic acids is 1. The maximum atomic E-state index is 11.8. The third-order valence-corrected chi connectivity index (χ3v) is 3.14. The molecule has 0 aromatic carbocycles. The van der Waals surface area contributed by atoms with E-state index in [1.54, 1.807) is 0 Å². The number of hydrogen-bond acceptors (Lipinski definition) is 5. The Morgan fingerprint density at radius 2 is 2.24 bits per heavy atom. The molecule has 17 heavy (non-hydrogen) atoms. The molecule has 1 unspecified atom stereocenters. The SMILES string of the molecule is CCCc1nnsc1C(=O)NCC(O)CCC. The van der Waals surface area contributed by atoms with Crippen molar-refractivity contribution in [1.82, 2.24) is 14.9 Å². The second-order valence-electron chi connectivity index (χ2n) is 3.95. The highest BCUT2D eigenvalue weighted by molar-refractivity contribution is 7.08. The molecular formula is C11H19N3O2S. The summed E-state index contributed by atoms with van der Waals surface area (Å²) in [6.45, 7) is 4.32. The van der Waals surface area contributed by atoms with Crippen LogP contribution in [0.15, 0.2) is 0 Å². The fourth-order valence-electron chi connectivity index (χ4n) is 1.51. The smallest absolute Gasteiger partial charge is 0.265 e. The zero-order valence-corrected chi connectivity index (χ0v) is 11.1. The molecule has 1 aromatic heterocycles. The summed E-state index contributed by atoms with van der Waals surface area (Å²) < 4.78 is 3.79. The normalized spacial score (nSPS) is 12.4. The predicted molar refractivity (Wildman–Crippen MR) is 67.2 cm³/mol. The van der Waals surface area contributed by atoms with Gasteiger partial charge in [0.2, 0.25) is 0 Å². The van der Waals surface area contributed by atoms with Gasteiger partial charge in [0.15, 0.2) is 0 Å². The van der Waals surface area contributed by atoms with Crippen LogP contribution in [0.5, 0.6) is 0 Å². The Morgan fingerprint density at radius 3 is 2.88 bits per heavy atom. The van der Waals surface area contributed by atoms with Gasteiger partial charge >= 0.3 is 0 Å². The molecule has 0 aliphatic rings. The molecule has 2 N–H and O–H groups in total. The molecule has 0 bridgehead atoms. The minimum absolute atomic E-state index is 0.182. The van der Waals surface area contributed by atoms with Gasteiger partial charge in [-0.1, -0.05) is 31.2 Å². The molecule has 0 saturated heterocycles. The van der Waals surface area contributed by atoms with Crippen LogP contribution in [0.25, 0.3) is 0 Å². The van der Waals surface area contributed by atoms with E-state index in [1.807, 2.05) is 13.8 Å². The maximum Gasteiger partial charge on any atom is 0.265 e. The molecule has 0 fully saturated rings. The molecule has 0 radical (unpaired) electrons. The van der Waals surface area contributed by atoms with Gasteiger partial charge in [0.25, 0.3) is 5.91 Å². The molecule has 0 saturated carbocycles. The van der Waals surface area contributed by atoms with Crippen molar-refractivity contribution in [3.63, 3.8) is 0 Å². The summed E-state index contributed by atoms with van der Waals surface area (Å²) in [5.74, 6) is -0.182. The first-order valence-electron chi connectivity index (χ1n) is 5.96. The van der Waals surface area contributed by atoms with E-state index in [1.165, 1.54) is 0 Å². The van der Waals surface area contributed by atoms with Gasteiger partial charge in [-0.3, -0.25) is 4.79 Å². The highest BCUT2D eigenvalue weighted by atomic mass is 32.1. The van der Waals surface area contributed by atoms with Crippen LogP contribution in [0.2, 0.25) is 0 Å². The summed E-state index contributed by atoms with van der Waals surface area (Å²) in [5.41, 5.74) is 0.750. The molecule has 5 nitrogen and oxygen atoms in total. The van der Waals surface area contributed by atoms with E-state index < -0.39 is 6.10 Å². The summed E-state index contributed by atoms with van der Waals surface area (Å²) in [6.07, 6.45) is 2.82. The molecule has 0 spiro atoms. The van der Waals surface area contributed by atoms with Crippen molar-refractivity contribution in [2.24, 2.45) is 0 Å². The number of aliphatic hydroxyl groups is 1. The third kappa shape index (κ3) is 4.40. The van der Waals surface area contributed by atoms with Crippen molar-refractivity contribution < 1.29 is 9.90 Å². The number of aryl methyl sites for hydroxylation is 1. The number of amides is 1. The van der Waals surface area contributed by atoms with Gasteiger partial charge < -0.3 is 10.4 Å². The van der Waals surface area contributed by atoms with Crippen molar-refractivity contribution >= 4 is 17.4 Å². The molecule has 6 heteroatoms. The van der Waals surface area contributed by atoms with Gasteiger partial charge in [0.05, 0.1) is 11.8 Å². The average molecular weight is 257 g/mol. The van der Waals surface area contributed by atoms with Crippen LogP contribution < -0.4 is 5.32 Å². The molecule has 0 aliphatic heterocycles. The lowest BCUT2D eigenvalue weighted by Crippen LogP contribution is -2.32. The van der Waals surface area contributed by atoms with Gasteiger partial charge in [-0.05, 0) is 24.4 Å². The van der Waals surface area contributed by atoms with Crippen LogP contribution in [-0.2, 0) is 6.42 Å². The minimum atomic E-state index is -0.473. The number of carbonyl (C=O) groups is 1. The van der Waals surface area contributed by atoms with E-state index in [2.05, 4.69) is 14.9 Å².